The van der Waals surface area contributed by atoms with Crippen LogP contribution in [0, 0.1) is 0 Å². The van der Waals surface area contributed by atoms with Crippen molar-refractivity contribution in [3.63, 3.8) is 0 Å². The predicted molar refractivity (Wildman–Crippen MR) is 54.1 cm³/mol. The molecule has 1 heterocycles. The third kappa shape index (κ3) is 2.26. The van der Waals surface area contributed by atoms with E-state index in [0.717, 1.165) is 12.8 Å². The van der Waals surface area contributed by atoms with Crippen molar-refractivity contribution in [1.29, 1.82) is 0 Å². The zero-order chi connectivity index (χ0) is 10.3. The predicted octanol–water partition coefficient (Wildman–Crippen LogP) is 1.99. The molecule has 1 saturated heterocycles. The molecule has 0 amide bonds. The van der Waals surface area contributed by atoms with Crippen molar-refractivity contribution < 1.29 is 9.13 Å². The van der Waals surface area contributed by atoms with Gasteiger partial charge in [0.2, 0.25) is 0 Å². The molecule has 1 aliphatic heterocycles. The largest absolute Gasteiger partial charge is 0.373 e. The van der Waals surface area contributed by atoms with E-state index < -0.39 is 6.17 Å². The Bertz CT molecular complexity index is 202. The molecule has 0 aromatic carbocycles. The second-order valence-electron chi connectivity index (χ2n) is 5.53. The Morgan fingerprint density at radius 3 is 2.21 bits per heavy atom. The summed E-state index contributed by atoms with van der Waals surface area (Å²) < 4.78 is 18.4. The lowest BCUT2D eigenvalue weighted by molar-refractivity contribution is -0.135. The van der Waals surface area contributed by atoms with Crippen molar-refractivity contribution in [3.8, 4) is 0 Å². The molecule has 0 aromatic heterocycles. The maximum absolute atomic E-state index is 12.6. The van der Waals surface area contributed by atoms with Crippen LogP contribution in [0.5, 0.6) is 0 Å². The topological polar surface area (TPSA) is 12.5 Å². The van der Waals surface area contributed by atoms with Crippen molar-refractivity contribution in [1.82, 2.24) is 4.90 Å². The maximum Gasteiger partial charge on any atom is 0.125 e. The highest BCUT2D eigenvalue weighted by molar-refractivity contribution is 4.94. The number of halogens is 1. The van der Waals surface area contributed by atoms with Crippen LogP contribution in [0.25, 0.3) is 0 Å². The van der Waals surface area contributed by atoms with Gasteiger partial charge in [0.25, 0.3) is 0 Å². The summed E-state index contributed by atoms with van der Waals surface area (Å²) in [6, 6.07) is 0.592. The first kappa shape index (κ1) is 10.4. The molecule has 0 spiro atoms. The standard InChI is InChI=1S/C11H20FNO/c1-11(2,3)14-10-4-9(5-10)13-6-8(12)7-13/h8-10H,4-7H2,1-3H3. The van der Waals surface area contributed by atoms with Crippen molar-refractivity contribution >= 4 is 0 Å². The highest BCUT2D eigenvalue weighted by Crippen LogP contribution is 2.34. The van der Waals surface area contributed by atoms with Crippen LogP contribution in [-0.4, -0.2) is 41.9 Å². The number of ether oxygens (including phenoxy) is 1. The number of nitrogens with zero attached hydrogens (tertiary/aromatic N) is 1. The van der Waals surface area contributed by atoms with Crippen molar-refractivity contribution in [3.05, 3.63) is 0 Å². The molecule has 0 bridgehead atoms. The number of rotatable bonds is 2. The average Bonchev–Trinajstić information content (AvgIpc) is 1.88. The highest BCUT2D eigenvalue weighted by Gasteiger charge is 2.41. The Balaban J connectivity index is 1.65. The molecule has 2 aliphatic rings. The van der Waals surface area contributed by atoms with Crippen molar-refractivity contribution in [2.45, 2.75) is 57.5 Å². The molecule has 0 atom stereocenters. The van der Waals surface area contributed by atoms with Gasteiger partial charge in [-0.25, -0.2) is 4.39 Å². The van der Waals surface area contributed by atoms with E-state index in [2.05, 4.69) is 25.7 Å². The fraction of sp³-hybridized carbons (Fsp3) is 1.00. The smallest absolute Gasteiger partial charge is 0.125 e. The zero-order valence-electron chi connectivity index (χ0n) is 9.29. The molecule has 2 nitrogen and oxygen atoms in total. The molecule has 1 aliphatic carbocycles. The fourth-order valence-electron chi connectivity index (χ4n) is 2.19. The summed E-state index contributed by atoms with van der Waals surface area (Å²) >= 11 is 0. The number of hydrogen-bond acceptors (Lipinski definition) is 2. The van der Waals surface area contributed by atoms with Gasteiger partial charge in [-0.3, -0.25) is 4.90 Å². The molecule has 14 heavy (non-hydrogen) atoms. The van der Waals surface area contributed by atoms with Crippen LogP contribution in [0.15, 0.2) is 0 Å². The minimum absolute atomic E-state index is 0.0345. The van der Waals surface area contributed by atoms with Crippen LogP contribution in [0.4, 0.5) is 4.39 Å². The normalized spacial score (nSPS) is 35.1. The van der Waals surface area contributed by atoms with E-state index in [0.29, 0.717) is 25.2 Å². The first-order valence-electron chi connectivity index (χ1n) is 5.50. The summed E-state index contributed by atoms with van der Waals surface area (Å²) in [5.41, 5.74) is -0.0345. The van der Waals surface area contributed by atoms with Gasteiger partial charge in [0, 0.05) is 19.1 Å². The van der Waals surface area contributed by atoms with E-state index in [1.165, 1.54) is 0 Å². The fourth-order valence-corrected chi connectivity index (χ4v) is 2.19. The van der Waals surface area contributed by atoms with Gasteiger partial charge in [0.1, 0.15) is 6.17 Å². The van der Waals surface area contributed by atoms with Crippen molar-refractivity contribution in [2.75, 3.05) is 13.1 Å². The lowest BCUT2D eigenvalue weighted by Gasteiger charge is -2.49. The highest BCUT2D eigenvalue weighted by atomic mass is 19.1. The van der Waals surface area contributed by atoms with Crippen LogP contribution in [0.1, 0.15) is 33.6 Å². The Morgan fingerprint density at radius 2 is 1.79 bits per heavy atom. The molecular weight excluding hydrogens is 181 g/mol. The lowest BCUT2D eigenvalue weighted by Crippen LogP contribution is -2.59. The van der Waals surface area contributed by atoms with Gasteiger partial charge in [-0.2, -0.15) is 0 Å². The van der Waals surface area contributed by atoms with Crippen LogP contribution >= 0.6 is 0 Å². The minimum Gasteiger partial charge on any atom is -0.373 e. The summed E-state index contributed by atoms with van der Waals surface area (Å²) in [4.78, 5) is 2.23. The van der Waals surface area contributed by atoms with Crippen LogP contribution < -0.4 is 0 Å². The third-order valence-electron chi connectivity index (χ3n) is 2.97. The molecule has 0 aromatic rings. The molecule has 3 heteroatoms. The zero-order valence-corrected chi connectivity index (χ0v) is 9.29. The quantitative estimate of drug-likeness (QED) is 0.677. The molecule has 1 saturated carbocycles. The third-order valence-corrected chi connectivity index (χ3v) is 2.97. The Labute approximate surface area is 85.4 Å². The van der Waals surface area contributed by atoms with Gasteiger partial charge in [0.15, 0.2) is 0 Å². The summed E-state index contributed by atoms with van der Waals surface area (Å²) in [5.74, 6) is 0. The molecule has 0 unspecified atom stereocenters. The average molecular weight is 201 g/mol. The van der Waals surface area contributed by atoms with E-state index >= 15 is 0 Å². The molecule has 0 N–H and O–H groups in total. The molecule has 2 fully saturated rings. The number of likely N-dealkylation sites (tertiary alicyclic amines) is 1. The first-order chi connectivity index (χ1) is 6.44. The Kier molecular flexibility index (Phi) is 2.56. The van der Waals surface area contributed by atoms with Crippen LogP contribution in [0.3, 0.4) is 0 Å². The van der Waals surface area contributed by atoms with Crippen LogP contribution in [0.2, 0.25) is 0 Å². The molecular formula is C11H20FNO. The van der Waals surface area contributed by atoms with E-state index in [1.807, 2.05) is 0 Å². The second kappa shape index (κ2) is 3.46. The number of hydrogen-bond donors (Lipinski definition) is 0. The maximum atomic E-state index is 12.6. The van der Waals surface area contributed by atoms with Crippen molar-refractivity contribution in [2.24, 2.45) is 0 Å². The van der Waals surface area contributed by atoms with E-state index in [4.69, 9.17) is 4.74 Å². The summed E-state index contributed by atoms with van der Waals surface area (Å²) in [6.07, 6.45) is 2.00. The molecule has 2 rings (SSSR count). The summed E-state index contributed by atoms with van der Waals surface area (Å²) in [6.45, 7) is 7.55. The van der Waals surface area contributed by atoms with Gasteiger partial charge in [0.05, 0.1) is 11.7 Å². The van der Waals surface area contributed by atoms with Gasteiger partial charge < -0.3 is 4.74 Å². The van der Waals surface area contributed by atoms with Gasteiger partial charge in [-0.15, -0.1) is 0 Å². The van der Waals surface area contributed by atoms with Gasteiger partial charge >= 0.3 is 0 Å². The summed E-state index contributed by atoms with van der Waals surface area (Å²) in [7, 11) is 0. The first-order valence-corrected chi connectivity index (χ1v) is 5.50. The van der Waals surface area contributed by atoms with Gasteiger partial charge in [-0.05, 0) is 33.6 Å². The van der Waals surface area contributed by atoms with Gasteiger partial charge in [-0.1, -0.05) is 0 Å². The van der Waals surface area contributed by atoms with Crippen LogP contribution in [-0.2, 0) is 4.74 Å². The van der Waals surface area contributed by atoms with E-state index in [-0.39, 0.29) is 5.60 Å². The second-order valence-corrected chi connectivity index (χ2v) is 5.53. The minimum atomic E-state index is -0.572. The van der Waals surface area contributed by atoms with E-state index in [1.54, 1.807) is 0 Å². The molecule has 82 valence electrons. The molecule has 0 radical (unpaired) electrons. The lowest BCUT2D eigenvalue weighted by atomic mass is 9.85. The summed E-state index contributed by atoms with van der Waals surface area (Å²) in [5, 5.41) is 0. The SMILES string of the molecule is CC(C)(C)OC1CC(N2CC(F)C2)C1. The Morgan fingerprint density at radius 1 is 1.21 bits per heavy atom. The number of alkyl halides is 1. The monoisotopic (exact) mass is 201 g/mol. The Hall–Kier alpha value is -0.150. The van der Waals surface area contributed by atoms with E-state index in [9.17, 15) is 4.39 Å².